The van der Waals surface area contributed by atoms with Crippen LogP contribution in [-0.2, 0) is 6.61 Å². The molecular formula is C20H15N3O3. The van der Waals surface area contributed by atoms with Crippen LogP contribution in [0.15, 0.2) is 77.9 Å². The number of fused-ring (bicyclic) bond motifs is 1. The maximum absolute atomic E-state index is 12.3. The summed E-state index contributed by atoms with van der Waals surface area (Å²) in [5.41, 5.74) is 1.98. The Labute approximate surface area is 148 Å². The Morgan fingerprint density at radius 3 is 2.38 bits per heavy atom. The van der Waals surface area contributed by atoms with Crippen LogP contribution in [-0.4, -0.2) is 19.8 Å². The van der Waals surface area contributed by atoms with Crippen LogP contribution in [0.2, 0.25) is 0 Å². The molecule has 6 heteroatoms. The molecule has 0 aliphatic carbocycles. The van der Waals surface area contributed by atoms with Crippen molar-refractivity contribution in [3.05, 3.63) is 89.0 Å². The molecule has 0 bridgehead atoms. The number of nitrogens with zero attached hydrogens (tertiary/aromatic N) is 3. The Morgan fingerprint density at radius 2 is 1.65 bits per heavy atom. The highest BCUT2D eigenvalue weighted by Gasteiger charge is 2.16. The quantitative estimate of drug-likeness (QED) is 0.615. The predicted octanol–water partition coefficient (Wildman–Crippen LogP) is 2.79. The van der Waals surface area contributed by atoms with E-state index in [1.807, 2.05) is 60.7 Å². The van der Waals surface area contributed by atoms with Gasteiger partial charge < -0.3 is 9.94 Å². The average Bonchev–Trinajstić information content (AvgIpc) is 2.69. The van der Waals surface area contributed by atoms with Gasteiger partial charge in [0.2, 0.25) is 0 Å². The SMILES string of the molecule is O=c1cc(O)c2c(-c3ccccc3)ncnc2n1OCc1ccccc1. The van der Waals surface area contributed by atoms with E-state index in [2.05, 4.69) is 9.97 Å². The summed E-state index contributed by atoms with van der Waals surface area (Å²) in [4.78, 5) is 26.5. The first-order chi connectivity index (χ1) is 12.7. The Hall–Kier alpha value is -3.67. The zero-order valence-electron chi connectivity index (χ0n) is 13.7. The minimum Gasteiger partial charge on any atom is -0.507 e. The van der Waals surface area contributed by atoms with Gasteiger partial charge in [-0.1, -0.05) is 60.7 Å². The smallest absolute Gasteiger partial charge is 0.288 e. The van der Waals surface area contributed by atoms with E-state index in [0.29, 0.717) is 11.1 Å². The van der Waals surface area contributed by atoms with Crippen LogP contribution in [0.1, 0.15) is 5.56 Å². The van der Waals surface area contributed by atoms with Gasteiger partial charge >= 0.3 is 0 Å². The van der Waals surface area contributed by atoms with Crippen LogP contribution in [0.5, 0.6) is 5.75 Å². The van der Waals surface area contributed by atoms with Gasteiger partial charge in [-0.25, -0.2) is 9.97 Å². The molecule has 0 spiro atoms. The average molecular weight is 345 g/mol. The van der Waals surface area contributed by atoms with Crippen molar-refractivity contribution in [3.8, 4) is 17.0 Å². The van der Waals surface area contributed by atoms with Crippen LogP contribution in [0.4, 0.5) is 0 Å². The van der Waals surface area contributed by atoms with Crippen LogP contribution in [0.25, 0.3) is 22.3 Å². The first-order valence-electron chi connectivity index (χ1n) is 8.06. The molecule has 0 atom stereocenters. The molecule has 6 nitrogen and oxygen atoms in total. The Kier molecular flexibility index (Phi) is 4.07. The van der Waals surface area contributed by atoms with E-state index < -0.39 is 5.56 Å². The lowest BCUT2D eigenvalue weighted by Gasteiger charge is -2.13. The van der Waals surface area contributed by atoms with Crippen molar-refractivity contribution in [1.82, 2.24) is 14.7 Å². The highest BCUT2D eigenvalue weighted by molar-refractivity contribution is 5.94. The van der Waals surface area contributed by atoms with Crippen molar-refractivity contribution in [3.63, 3.8) is 0 Å². The molecular weight excluding hydrogens is 330 g/mol. The van der Waals surface area contributed by atoms with E-state index in [0.717, 1.165) is 21.9 Å². The first-order valence-corrected chi connectivity index (χ1v) is 8.06. The van der Waals surface area contributed by atoms with Crippen LogP contribution < -0.4 is 10.4 Å². The predicted molar refractivity (Wildman–Crippen MR) is 97.6 cm³/mol. The maximum atomic E-state index is 12.3. The summed E-state index contributed by atoms with van der Waals surface area (Å²) in [6, 6.07) is 20.0. The summed E-state index contributed by atoms with van der Waals surface area (Å²) in [6.07, 6.45) is 1.35. The van der Waals surface area contributed by atoms with Gasteiger partial charge in [0.1, 0.15) is 18.7 Å². The summed E-state index contributed by atoms with van der Waals surface area (Å²) in [6.45, 7) is 0.200. The fourth-order valence-electron chi connectivity index (χ4n) is 2.77. The van der Waals surface area contributed by atoms with Gasteiger partial charge in [-0.3, -0.25) is 4.79 Å². The molecule has 1 N–H and O–H groups in total. The van der Waals surface area contributed by atoms with Crippen molar-refractivity contribution in [1.29, 1.82) is 0 Å². The Morgan fingerprint density at radius 1 is 0.962 bits per heavy atom. The summed E-state index contributed by atoms with van der Waals surface area (Å²) < 4.78 is 1.09. The second kappa shape index (κ2) is 6.68. The number of aromatic nitrogens is 3. The molecule has 0 fully saturated rings. The summed E-state index contributed by atoms with van der Waals surface area (Å²) in [5, 5.41) is 10.7. The third kappa shape index (κ3) is 2.88. The fraction of sp³-hybridized carbons (Fsp3) is 0.0500. The van der Waals surface area contributed by atoms with E-state index in [1.165, 1.54) is 6.33 Å². The second-order valence-electron chi connectivity index (χ2n) is 5.71. The van der Waals surface area contributed by atoms with Gasteiger partial charge in [-0.2, -0.15) is 0 Å². The van der Waals surface area contributed by atoms with E-state index >= 15 is 0 Å². The van der Waals surface area contributed by atoms with Crippen LogP contribution in [0.3, 0.4) is 0 Å². The van der Waals surface area contributed by atoms with Crippen LogP contribution in [0, 0.1) is 0 Å². The van der Waals surface area contributed by atoms with Gasteiger partial charge in [0.25, 0.3) is 5.56 Å². The second-order valence-corrected chi connectivity index (χ2v) is 5.71. The fourth-order valence-corrected chi connectivity index (χ4v) is 2.77. The van der Waals surface area contributed by atoms with Crippen LogP contribution >= 0.6 is 0 Å². The van der Waals surface area contributed by atoms with E-state index in [9.17, 15) is 9.90 Å². The number of hydrogen-bond acceptors (Lipinski definition) is 5. The van der Waals surface area contributed by atoms with Crippen molar-refractivity contribution in [2.24, 2.45) is 0 Å². The molecule has 26 heavy (non-hydrogen) atoms. The first kappa shape index (κ1) is 15.8. The van der Waals surface area contributed by atoms with E-state index in [1.54, 1.807) is 0 Å². The molecule has 2 aromatic heterocycles. The molecule has 128 valence electrons. The number of hydrogen-bond donors (Lipinski definition) is 1. The summed E-state index contributed by atoms with van der Waals surface area (Å²) in [5.74, 6) is -0.177. The molecule has 0 saturated carbocycles. The minimum absolute atomic E-state index is 0.177. The molecule has 4 rings (SSSR count). The monoisotopic (exact) mass is 345 g/mol. The highest BCUT2D eigenvalue weighted by Crippen LogP contribution is 2.30. The zero-order valence-corrected chi connectivity index (χ0v) is 13.7. The van der Waals surface area contributed by atoms with E-state index in [4.69, 9.17) is 4.84 Å². The molecule has 2 aromatic carbocycles. The van der Waals surface area contributed by atoms with Gasteiger partial charge in [-0.15, -0.1) is 4.73 Å². The number of aromatic hydroxyl groups is 1. The zero-order chi connectivity index (χ0) is 17.9. The van der Waals surface area contributed by atoms with E-state index in [-0.39, 0.29) is 18.0 Å². The lowest BCUT2D eigenvalue weighted by Crippen LogP contribution is -2.27. The third-order valence-corrected chi connectivity index (χ3v) is 3.99. The molecule has 0 saturated heterocycles. The molecule has 0 unspecified atom stereocenters. The lowest BCUT2D eigenvalue weighted by atomic mass is 10.1. The van der Waals surface area contributed by atoms with Gasteiger partial charge in [-0.05, 0) is 5.56 Å². The van der Waals surface area contributed by atoms with Gasteiger partial charge in [0.05, 0.1) is 11.1 Å². The number of benzene rings is 2. The lowest BCUT2D eigenvalue weighted by molar-refractivity contribution is 0.0976. The largest absolute Gasteiger partial charge is 0.507 e. The molecule has 4 aromatic rings. The third-order valence-electron chi connectivity index (χ3n) is 3.99. The molecule has 0 aliphatic heterocycles. The molecule has 0 amide bonds. The number of rotatable bonds is 4. The topological polar surface area (TPSA) is 77.2 Å². The van der Waals surface area contributed by atoms with Crippen molar-refractivity contribution in [2.45, 2.75) is 6.61 Å². The Bertz CT molecular complexity index is 1110. The number of pyridine rings is 1. The molecule has 2 heterocycles. The van der Waals surface area contributed by atoms with Gasteiger partial charge in [0, 0.05) is 11.6 Å². The molecule has 0 radical (unpaired) electrons. The summed E-state index contributed by atoms with van der Waals surface area (Å²) >= 11 is 0. The van der Waals surface area contributed by atoms with Crippen molar-refractivity contribution < 1.29 is 9.94 Å². The highest BCUT2D eigenvalue weighted by atomic mass is 16.7. The summed E-state index contributed by atoms with van der Waals surface area (Å²) in [7, 11) is 0. The molecule has 0 aliphatic rings. The van der Waals surface area contributed by atoms with Crippen molar-refractivity contribution >= 4 is 11.0 Å². The maximum Gasteiger partial charge on any atom is 0.288 e. The van der Waals surface area contributed by atoms with Gasteiger partial charge in [0.15, 0.2) is 5.65 Å². The normalized spacial score (nSPS) is 10.8. The van der Waals surface area contributed by atoms with Crippen molar-refractivity contribution in [2.75, 3.05) is 0 Å². The Balaban J connectivity index is 1.85. The minimum atomic E-state index is -0.497. The standard InChI is InChI=1S/C20H15N3O3/c24-16-11-17(25)23(26-12-14-7-3-1-4-8-14)20-18(16)19(21-13-22-20)15-9-5-2-6-10-15/h1-11,13,24H,12H2.